The number of aromatic amines is 1. The number of H-pyrrole nitrogens is 1. The normalized spacial score (nSPS) is 16.1. The lowest BCUT2D eigenvalue weighted by Gasteiger charge is -2.26. The van der Waals surface area contributed by atoms with Crippen LogP contribution >= 0.6 is 0 Å². The summed E-state index contributed by atoms with van der Waals surface area (Å²) < 4.78 is 5.38. The van der Waals surface area contributed by atoms with Gasteiger partial charge in [0.1, 0.15) is 5.82 Å². The molecule has 1 aromatic carbocycles. The maximum atomic E-state index is 5.38. The van der Waals surface area contributed by atoms with E-state index in [0.29, 0.717) is 0 Å². The fraction of sp³-hybridized carbons (Fsp3) is 0.579. The van der Waals surface area contributed by atoms with Gasteiger partial charge in [0, 0.05) is 45.7 Å². The van der Waals surface area contributed by atoms with Crippen molar-refractivity contribution >= 4 is 17.0 Å². The van der Waals surface area contributed by atoms with E-state index in [9.17, 15) is 0 Å². The average molecular weight is 358 g/mol. The first-order valence-corrected chi connectivity index (χ1v) is 9.61. The molecule has 0 radical (unpaired) electrons. The fourth-order valence-corrected chi connectivity index (χ4v) is 3.08. The van der Waals surface area contributed by atoms with Crippen LogP contribution in [-0.2, 0) is 11.2 Å². The number of hydrogen-bond acceptors (Lipinski definition) is 4. The van der Waals surface area contributed by atoms with Gasteiger partial charge in [0.15, 0.2) is 5.96 Å². The van der Waals surface area contributed by atoms with Gasteiger partial charge in [0.05, 0.1) is 24.2 Å². The SMILES string of the molecule is CCNC(=NCCCN1CCOCC1)NCCc1nc2ccccc2[nH]1. The molecule has 7 heteroatoms. The summed E-state index contributed by atoms with van der Waals surface area (Å²) >= 11 is 0. The number of fused-ring (bicyclic) bond motifs is 1. The predicted octanol–water partition coefficient (Wildman–Crippen LogP) is 1.38. The van der Waals surface area contributed by atoms with Gasteiger partial charge in [0.2, 0.25) is 0 Å². The fourth-order valence-electron chi connectivity index (χ4n) is 3.08. The highest BCUT2D eigenvalue weighted by atomic mass is 16.5. The molecule has 0 spiro atoms. The Morgan fingerprint density at radius 3 is 2.92 bits per heavy atom. The lowest BCUT2D eigenvalue weighted by molar-refractivity contribution is 0.0377. The van der Waals surface area contributed by atoms with Crippen molar-refractivity contribution in [1.82, 2.24) is 25.5 Å². The minimum Gasteiger partial charge on any atom is -0.379 e. The first-order chi connectivity index (χ1) is 12.8. The number of guanidine groups is 1. The molecule has 0 unspecified atom stereocenters. The Bertz CT molecular complexity index is 659. The molecule has 1 saturated heterocycles. The van der Waals surface area contributed by atoms with Gasteiger partial charge in [-0.15, -0.1) is 0 Å². The standard InChI is InChI=1S/C19H30N6O/c1-2-20-19(21-9-5-11-25-12-14-26-15-13-25)22-10-8-18-23-16-6-3-4-7-17(16)24-18/h3-4,6-7H,2,5,8-15H2,1H3,(H,23,24)(H2,20,21,22). The summed E-state index contributed by atoms with van der Waals surface area (Å²) in [6.07, 6.45) is 1.91. The van der Waals surface area contributed by atoms with Crippen LogP contribution in [0.1, 0.15) is 19.2 Å². The van der Waals surface area contributed by atoms with Crippen LogP contribution in [0, 0.1) is 0 Å². The molecule has 3 rings (SSSR count). The van der Waals surface area contributed by atoms with Gasteiger partial charge in [-0.25, -0.2) is 4.98 Å². The number of aromatic nitrogens is 2. The predicted molar refractivity (Wildman–Crippen MR) is 106 cm³/mol. The molecule has 0 atom stereocenters. The molecular formula is C19H30N6O. The second-order valence-electron chi connectivity index (χ2n) is 6.45. The minimum atomic E-state index is 0.801. The zero-order valence-corrected chi connectivity index (χ0v) is 15.6. The van der Waals surface area contributed by atoms with Crippen molar-refractivity contribution in [3.63, 3.8) is 0 Å². The molecule has 2 aromatic rings. The van der Waals surface area contributed by atoms with Crippen LogP contribution in [0.3, 0.4) is 0 Å². The Hall–Kier alpha value is -2.12. The second kappa shape index (κ2) is 10.1. The summed E-state index contributed by atoms with van der Waals surface area (Å²) in [5.41, 5.74) is 2.11. The van der Waals surface area contributed by atoms with Crippen molar-refractivity contribution in [1.29, 1.82) is 0 Å². The van der Waals surface area contributed by atoms with E-state index in [1.807, 2.05) is 18.2 Å². The van der Waals surface area contributed by atoms with Crippen molar-refractivity contribution in [2.75, 3.05) is 52.5 Å². The first-order valence-electron chi connectivity index (χ1n) is 9.61. The highest BCUT2D eigenvalue weighted by Gasteiger charge is 2.09. The van der Waals surface area contributed by atoms with Crippen LogP contribution < -0.4 is 10.6 Å². The summed E-state index contributed by atoms with van der Waals surface area (Å²) in [6.45, 7) is 9.46. The van der Waals surface area contributed by atoms with Gasteiger partial charge in [-0.2, -0.15) is 0 Å². The monoisotopic (exact) mass is 358 g/mol. The zero-order valence-electron chi connectivity index (χ0n) is 15.6. The Kier molecular flexibility index (Phi) is 7.27. The van der Waals surface area contributed by atoms with Crippen molar-refractivity contribution in [2.45, 2.75) is 19.8 Å². The zero-order chi connectivity index (χ0) is 18.0. The summed E-state index contributed by atoms with van der Waals surface area (Å²) in [4.78, 5) is 15.1. The minimum absolute atomic E-state index is 0.801. The number of rotatable bonds is 8. The Labute approximate surface area is 155 Å². The Morgan fingerprint density at radius 1 is 1.27 bits per heavy atom. The lowest BCUT2D eigenvalue weighted by atomic mass is 10.3. The van der Waals surface area contributed by atoms with Crippen LogP contribution in [0.4, 0.5) is 0 Å². The smallest absolute Gasteiger partial charge is 0.191 e. The molecule has 0 bridgehead atoms. The Balaban J connectivity index is 1.40. The molecule has 1 aromatic heterocycles. The van der Waals surface area contributed by atoms with Gasteiger partial charge < -0.3 is 20.4 Å². The second-order valence-corrected chi connectivity index (χ2v) is 6.45. The molecule has 1 aliphatic rings. The van der Waals surface area contributed by atoms with E-state index in [2.05, 4.69) is 43.5 Å². The molecule has 2 heterocycles. The molecule has 3 N–H and O–H groups in total. The van der Waals surface area contributed by atoms with Crippen molar-refractivity contribution in [3.8, 4) is 0 Å². The molecular weight excluding hydrogens is 328 g/mol. The van der Waals surface area contributed by atoms with Crippen LogP contribution in [0.15, 0.2) is 29.3 Å². The van der Waals surface area contributed by atoms with E-state index in [-0.39, 0.29) is 0 Å². The molecule has 0 amide bonds. The van der Waals surface area contributed by atoms with Crippen molar-refractivity contribution in [3.05, 3.63) is 30.1 Å². The molecule has 0 aliphatic carbocycles. The molecule has 142 valence electrons. The number of nitrogens with zero attached hydrogens (tertiary/aromatic N) is 3. The lowest BCUT2D eigenvalue weighted by Crippen LogP contribution is -2.39. The number of morpholine rings is 1. The number of ether oxygens (including phenoxy) is 1. The largest absolute Gasteiger partial charge is 0.379 e. The van der Waals surface area contributed by atoms with E-state index in [0.717, 1.165) is 88.1 Å². The topological polar surface area (TPSA) is 77.6 Å². The third kappa shape index (κ3) is 5.71. The van der Waals surface area contributed by atoms with Crippen LogP contribution in [0.2, 0.25) is 0 Å². The first kappa shape index (κ1) is 18.7. The molecule has 1 fully saturated rings. The van der Waals surface area contributed by atoms with Crippen LogP contribution in [0.5, 0.6) is 0 Å². The van der Waals surface area contributed by atoms with Crippen LogP contribution in [0.25, 0.3) is 11.0 Å². The Morgan fingerprint density at radius 2 is 2.12 bits per heavy atom. The third-order valence-electron chi connectivity index (χ3n) is 4.44. The van der Waals surface area contributed by atoms with Crippen LogP contribution in [-0.4, -0.2) is 73.3 Å². The number of imidazole rings is 1. The number of nitrogens with one attached hydrogen (secondary N) is 3. The molecule has 1 aliphatic heterocycles. The van der Waals surface area contributed by atoms with Gasteiger partial charge in [0.25, 0.3) is 0 Å². The maximum Gasteiger partial charge on any atom is 0.191 e. The van der Waals surface area contributed by atoms with E-state index in [1.165, 1.54) is 0 Å². The van der Waals surface area contributed by atoms with Gasteiger partial charge >= 0.3 is 0 Å². The van der Waals surface area contributed by atoms with Gasteiger partial charge in [-0.1, -0.05) is 12.1 Å². The van der Waals surface area contributed by atoms with Gasteiger partial charge in [-0.3, -0.25) is 9.89 Å². The summed E-state index contributed by atoms with van der Waals surface area (Å²) in [5, 5.41) is 6.71. The van der Waals surface area contributed by atoms with Crippen molar-refractivity contribution < 1.29 is 4.74 Å². The highest BCUT2D eigenvalue weighted by Crippen LogP contribution is 2.10. The molecule has 0 saturated carbocycles. The van der Waals surface area contributed by atoms with E-state index < -0.39 is 0 Å². The highest BCUT2D eigenvalue weighted by molar-refractivity contribution is 5.79. The quantitative estimate of drug-likeness (QED) is 0.378. The number of para-hydroxylation sites is 2. The molecule has 7 nitrogen and oxygen atoms in total. The van der Waals surface area contributed by atoms with E-state index in [1.54, 1.807) is 0 Å². The maximum absolute atomic E-state index is 5.38. The summed E-state index contributed by atoms with van der Waals surface area (Å²) in [7, 11) is 0. The number of aliphatic imine (C=N–C) groups is 1. The third-order valence-corrected chi connectivity index (χ3v) is 4.44. The van der Waals surface area contributed by atoms with E-state index >= 15 is 0 Å². The molecule has 26 heavy (non-hydrogen) atoms. The number of benzene rings is 1. The average Bonchev–Trinajstić information content (AvgIpc) is 3.09. The summed E-state index contributed by atoms with van der Waals surface area (Å²) in [5.74, 6) is 1.88. The number of hydrogen-bond donors (Lipinski definition) is 3. The summed E-state index contributed by atoms with van der Waals surface area (Å²) in [6, 6.07) is 8.12. The van der Waals surface area contributed by atoms with E-state index in [4.69, 9.17) is 4.74 Å². The van der Waals surface area contributed by atoms with Gasteiger partial charge in [-0.05, 0) is 25.5 Å². The van der Waals surface area contributed by atoms with Crippen molar-refractivity contribution in [2.24, 2.45) is 4.99 Å².